The molecule has 0 bridgehead atoms. The van der Waals surface area contributed by atoms with Crippen molar-refractivity contribution in [1.29, 1.82) is 0 Å². The van der Waals surface area contributed by atoms with Crippen LogP contribution >= 0.6 is 11.6 Å². The molecule has 0 radical (unpaired) electrons. The van der Waals surface area contributed by atoms with Crippen LogP contribution in [0.5, 0.6) is 0 Å². The van der Waals surface area contributed by atoms with Crippen molar-refractivity contribution in [3.05, 3.63) is 23.2 Å². The maximum Gasteiger partial charge on any atom is 0.311 e. The molecule has 0 spiro atoms. The number of carboxylic acids is 1. The summed E-state index contributed by atoms with van der Waals surface area (Å²) in [6.45, 7) is 2.70. The molecule has 2 rings (SSSR count). The maximum atomic E-state index is 12.4. The first kappa shape index (κ1) is 15.7. The fourth-order valence-electron chi connectivity index (χ4n) is 2.88. The van der Waals surface area contributed by atoms with Gasteiger partial charge in [-0.1, -0.05) is 24.9 Å². The first-order valence-corrected chi connectivity index (χ1v) is 7.36. The fraction of sp³-hybridized carbons (Fsp3) is 0.571. The number of rotatable bonds is 4. The summed E-state index contributed by atoms with van der Waals surface area (Å²) < 4.78 is 0. The van der Waals surface area contributed by atoms with Crippen LogP contribution in [0.1, 0.15) is 43.1 Å². The Morgan fingerprint density at radius 2 is 2.24 bits per heavy atom. The lowest BCUT2D eigenvalue weighted by Crippen LogP contribution is -2.50. The Bertz CT molecular complexity index is 548. The van der Waals surface area contributed by atoms with Crippen LogP contribution < -0.4 is 0 Å². The molecule has 1 saturated heterocycles. The van der Waals surface area contributed by atoms with E-state index in [0.717, 1.165) is 6.42 Å². The monoisotopic (exact) mass is 311 g/mol. The van der Waals surface area contributed by atoms with Gasteiger partial charge in [-0.3, -0.25) is 14.6 Å². The molecule has 6 nitrogen and oxygen atoms in total. The van der Waals surface area contributed by atoms with Crippen LogP contribution in [0.2, 0.25) is 5.15 Å². The van der Waals surface area contributed by atoms with E-state index in [4.69, 9.17) is 11.6 Å². The molecule has 1 aromatic rings. The van der Waals surface area contributed by atoms with Gasteiger partial charge < -0.3 is 10.0 Å². The van der Waals surface area contributed by atoms with E-state index in [0.29, 0.717) is 25.8 Å². The maximum absolute atomic E-state index is 12.4. The van der Waals surface area contributed by atoms with Crippen LogP contribution in [0.3, 0.4) is 0 Å². The molecule has 1 aliphatic heterocycles. The third-order valence-corrected chi connectivity index (χ3v) is 4.05. The predicted octanol–water partition coefficient (Wildman–Crippen LogP) is 2.24. The summed E-state index contributed by atoms with van der Waals surface area (Å²) >= 11 is 5.75. The fourth-order valence-corrected chi connectivity index (χ4v) is 3.02. The van der Waals surface area contributed by atoms with Gasteiger partial charge in [0, 0.05) is 13.1 Å². The van der Waals surface area contributed by atoms with Gasteiger partial charge in [0.25, 0.3) is 5.91 Å². The van der Waals surface area contributed by atoms with E-state index < -0.39 is 11.4 Å². The summed E-state index contributed by atoms with van der Waals surface area (Å²) in [7, 11) is 0. The quantitative estimate of drug-likeness (QED) is 0.922. The summed E-state index contributed by atoms with van der Waals surface area (Å²) in [5, 5.41) is 9.70. The van der Waals surface area contributed by atoms with E-state index in [1.54, 1.807) is 4.90 Å². The summed E-state index contributed by atoms with van der Waals surface area (Å²) in [4.78, 5) is 33.4. The topological polar surface area (TPSA) is 83.4 Å². The van der Waals surface area contributed by atoms with Crippen molar-refractivity contribution in [2.45, 2.75) is 32.6 Å². The van der Waals surface area contributed by atoms with Crippen LogP contribution in [0.25, 0.3) is 0 Å². The van der Waals surface area contributed by atoms with E-state index in [2.05, 4.69) is 9.97 Å². The Kier molecular flexibility index (Phi) is 4.77. The molecule has 1 aromatic heterocycles. The molecule has 0 aliphatic carbocycles. The van der Waals surface area contributed by atoms with E-state index >= 15 is 0 Å². The summed E-state index contributed by atoms with van der Waals surface area (Å²) in [6, 6.07) is 0. The highest BCUT2D eigenvalue weighted by atomic mass is 35.5. The van der Waals surface area contributed by atoms with Gasteiger partial charge in [0.1, 0.15) is 10.8 Å². The highest BCUT2D eigenvalue weighted by Gasteiger charge is 2.43. The number of halogens is 1. The van der Waals surface area contributed by atoms with E-state index in [9.17, 15) is 14.7 Å². The molecule has 1 aliphatic rings. The number of aliphatic carboxylic acids is 1. The first-order chi connectivity index (χ1) is 9.98. The average Bonchev–Trinajstić information content (AvgIpc) is 2.47. The number of nitrogens with zero attached hydrogens (tertiary/aromatic N) is 3. The number of hydrogen-bond donors (Lipinski definition) is 1. The first-order valence-electron chi connectivity index (χ1n) is 6.99. The highest BCUT2D eigenvalue weighted by Crippen LogP contribution is 2.35. The van der Waals surface area contributed by atoms with Crippen molar-refractivity contribution in [2.75, 3.05) is 13.1 Å². The molecule has 1 N–H and O–H groups in total. The van der Waals surface area contributed by atoms with Crippen molar-refractivity contribution < 1.29 is 14.7 Å². The molecule has 1 amide bonds. The lowest BCUT2D eigenvalue weighted by molar-refractivity contribution is -0.152. The molecule has 7 heteroatoms. The van der Waals surface area contributed by atoms with Gasteiger partial charge in [0.15, 0.2) is 0 Å². The SMILES string of the molecule is CCCC1(C(=O)O)CCCN(C(=O)c2cncc(Cl)n2)C1. The van der Waals surface area contributed by atoms with Gasteiger partial charge in [0.2, 0.25) is 0 Å². The minimum absolute atomic E-state index is 0.149. The van der Waals surface area contributed by atoms with Crippen LogP contribution in [-0.2, 0) is 4.79 Å². The van der Waals surface area contributed by atoms with E-state index in [1.807, 2.05) is 6.92 Å². The van der Waals surface area contributed by atoms with Crippen molar-refractivity contribution in [3.63, 3.8) is 0 Å². The van der Waals surface area contributed by atoms with Gasteiger partial charge in [-0.05, 0) is 19.3 Å². The zero-order valence-corrected chi connectivity index (χ0v) is 12.6. The zero-order valence-electron chi connectivity index (χ0n) is 11.9. The molecule has 1 fully saturated rings. The third-order valence-electron chi connectivity index (χ3n) is 3.87. The smallest absolute Gasteiger partial charge is 0.311 e. The number of likely N-dealkylation sites (tertiary alicyclic amines) is 1. The molecule has 21 heavy (non-hydrogen) atoms. The number of carbonyl (C=O) groups is 2. The van der Waals surface area contributed by atoms with Gasteiger partial charge in [-0.2, -0.15) is 0 Å². The Morgan fingerprint density at radius 3 is 2.86 bits per heavy atom. The highest BCUT2D eigenvalue weighted by molar-refractivity contribution is 6.29. The predicted molar refractivity (Wildman–Crippen MR) is 77.2 cm³/mol. The normalized spacial score (nSPS) is 22.1. The minimum atomic E-state index is -0.853. The van der Waals surface area contributed by atoms with Crippen molar-refractivity contribution in [2.24, 2.45) is 5.41 Å². The Labute approximate surface area is 128 Å². The molecular formula is C14H18ClN3O3. The lowest BCUT2D eigenvalue weighted by Gasteiger charge is -2.39. The second-order valence-corrected chi connectivity index (χ2v) is 5.78. The number of carboxylic acid groups (broad SMARTS) is 1. The third kappa shape index (κ3) is 3.32. The minimum Gasteiger partial charge on any atom is -0.481 e. The summed E-state index contributed by atoms with van der Waals surface area (Å²) in [5.74, 6) is -1.15. The molecular weight excluding hydrogens is 294 g/mol. The van der Waals surface area contributed by atoms with Crippen LogP contribution in [0, 0.1) is 5.41 Å². The molecule has 0 saturated carbocycles. The summed E-state index contributed by atoms with van der Waals surface area (Å²) in [6.07, 6.45) is 5.31. The average molecular weight is 312 g/mol. The number of carbonyl (C=O) groups excluding carboxylic acids is 1. The number of hydrogen-bond acceptors (Lipinski definition) is 4. The Hall–Kier alpha value is -1.69. The Balaban J connectivity index is 2.20. The number of amides is 1. The van der Waals surface area contributed by atoms with E-state index in [1.165, 1.54) is 12.4 Å². The van der Waals surface area contributed by atoms with Crippen molar-refractivity contribution in [1.82, 2.24) is 14.9 Å². The molecule has 1 unspecified atom stereocenters. The number of aromatic nitrogens is 2. The second-order valence-electron chi connectivity index (χ2n) is 5.39. The molecule has 0 aromatic carbocycles. The lowest BCUT2D eigenvalue weighted by atomic mass is 9.76. The van der Waals surface area contributed by atoms with Gasteiger partial charge in [-0.25, -0.2) is 4.98 Å². The van der Waals surface area contributed by atoms with Crippen LogP contribution in [0.15, 0.2) is 12.4 Å². The molecule has 1 atom stereocenters. The molecule has 114 valence electrons. The van der Waals surface area contributed by atoms with Crippen molar-refractivity contribution >= 4 is 23.5 Å². The van der Waals surface area contributed by atoms with E-state index in [-0.39, 0.29) is 23.3 Å². The van der Waals surface area contributed by atoms with Crippen LogP contribution in [-0.4, -0.2) is 44.9 Å². The second kappa shape index (κ2) is 6.39. The largest absolute Gasteiger partial charge is 0.481 e. The van der Waals surface area contributed by atoms with Gasteiger partial charge in [0.05, 0.1) is 17.8 Å². The standard InChI is InChI=1S/C14H18ClN3O3/c1-2-4-14(13(20)21)5-3-6-18(9-14)12(19)10-7-16-8-11(15)17-10/h7-8H,2-6,9H2,1H3,(H,20,21). The van der Waals surface area contributed by atoms with Gasteiger partial charge >= 0.3 is 5.97 Å². The zero-order chi connectivity index (χ0) is 15.5. The Morgan fingerprint density at radius 1 is 1.48 bits per heavy atom. The summed E-state index contributed by atoms with van der Waals surface area (Å²) in [5.41, 5.74) is -0.700. The van der Waals surface area contributed by atoms with Gasteiger partial charge in [-0.15, -0.1) is 0 Å². The van der Waals surface area contributed by atoms with Crippen LogP contribution in [0.4, 0.5) is 0 Å². The van der Waals surface area contributed by atoms with Crippen molar-refractivity contribution in [3.8, 4) is 0 Å². The number of piperidine rings is 1. The molecule has 2 heterocycles.